The summed E-state index contributed by atoms with van der Waals surface area (Å²) in [6, 6.07) is 12.7. The van der Waals surface area contributed by atoms with Crippen molar-refractivity contribution in [3.63, 3.8) is 0 Å². The number of likely N-dealkylation sites (tertiary alicyclic amines) is 1. The van der Waals surface area contributed by atoms with Gasteiger partial charge < -0.3 is 10.1 Å². The minimum Gasteiger partial charge on any atom is -0.444 e. The average Bonchev–Trinajstić information content (AvgIpc) is 3.41. The molecule has 184 valence electrons. The number of halogens is 1. The summed E-state index contributed by atoms with van der Waals surface area (Å²) in [5, 5.41) is 12.4. The van der Waals surface area contributed by atoms with E-state index in [0.717, 1.165) is 29.7 Å². The van der Waals surface area contributed by atoms with Gasteiger partial charge in [-0.3, -0.25) is 9.69 Å². The van der Waals surface area contributed by atoms with E-state index in [4.69, 9.17) is 4.74 Å². The topological polar surface area (TPSA) is 82.4 Å². The Balaban J connectivity index is 1.45. The molecular formula is C27H30FN3O3S. The maximum Gasteiger partial charge on any atom is 0.411 e. The van der Waals surface area contributed by atoms with Crippen LogP contribution in [0.1, 0.15) is 45.6 Å². The third-order valence-corrected chi connectivity index (χ3v) is 6.91. The number of hydrogen-bond donors (Lipinski definition) is 2. The minimum absolute atomic E-state index is 0.0250. The van der Waals surface area contributed by atoms with Crippen molar-refractivity contribution in [3.8, 4) is 17.2 Å². The lowest BCUT2D eigenvalue weighted by molar-refractivity contribution is -0.128. The number of rotatable bonds is 5. The molecule has 4 atom stereocenters. The maximum absolute atomic E-state index is 14.9. The first kappa shape index (κ1) is 25.1. The highest BCUT2D eigenvalue weighted by atomic mass is 32.1. The molecular weight excluding hydrogens is 465 g/mol. The summed E-state index contributed by atoms with van der Waals surface area (Å²) in [5.74, 6) is -0.799. The SMILES string of the molecule is CC(C)(C)OC(=O)N1[C@@H]2CCC(C2)[C@H]1C(=O)NC(C#N)Cc1ccc(-c2ccc(S)cc2)cc1F. The van der Waals surface area contributed by atoms with E-state index in [1.165, 1.54) is 11.0 Å². The van der Waals surface area contributed by atoms with Crippen LogP contribution in [0.3, 0.4) is 0 Å². The molecule has 2 unspecified atom stereocenters. The Hall–Kier alpha value is -3.05. The van der Waals surface area contributed by atoms with Crippen LogP contribution in [0.5, 0.6) is 0 Å². The number of nitriles is 1. The van der Waals surface area contributed by atoms with Gasteiger partial charge in [-0.2, -0.15) is 5.26 Å². The van der Waals surface area contributed by atoms with Crippen LogP contribution >= 0.6 is 12.6 Å². The van der Waals surface area contributed by atoms with Crippen molar-refractivity contribution >= 4 is 24.6 Å². The first-order valence-electron chi connectivity index (χ1n) is 11.8. The van der Waals surface area contributed by atoms with Gasteiger partial charge in [-0.15, -0.1) is 12.6 Å². The minimum atomic E-state index is -0.925. The van der Waals surface area contributed by atoms with Crippen molar-refractivity contribution < 1.29 is 18.7 Å². The summed E-state index contributed by atoms with van der Waals surface area (Å²) in [7, 11) is 0. The number of piperidine rings is 1. The van der Waals surface area contributed by atoms with Crippen LogP contribution in [0.25, 0.3) is 11.1 Å². The van der Waals surface area contributed by atoms with Gasteiger partial charge in [-0.25, -0.2) is 9.18 Å². The fourth-order valence-electron chi connectivity index (χ4n) is 5.06. The van der Waals surface area contributed by atoms with E-state index in [2.05, 4.69) is 24.0 Å². The molecule has 1 saturated heterocycles. The molecule has 1 N–H and O–H groups in total. The number of thiol groups is 1. The molecule has 2 aromatic carbocycles. The number of ether oxygens (including phenoxy) is 1. The summed E-state index contributed by atoms with van der Waals surface area (Å²) < 4.78 is 20.4. The van der Waals surface area contributed by atoms with Crippen LogP contribution < -0.4 is 5.32 Å². The Morgan fingerprint density at radius 3 is 2.51 bits per heavy atom. The van der Waals surface area contributed by atoms with Crippen molar-refractivity contribution in [3.05, 3.63) is 53.8 Å². The highest BCUT2D eigenvalue weighted by Crippen LogP contribution is 2.43. The molecule has 0 spiro atoms. The monoisotopic (exact) mass is 495 g/mol. The molecule has 6 nitrogen and oxygen atoms in total. The Kier molecular flexibility index (Phi) is 7.09. The van der Waals surface area contributed by atoms with E-state index in [1.807, 2.05) is 24.3 Å². The lowest BCUT2D eigenvalue weighted by Crippen LogP contribution is -2.55. The Labute approximate surface area is 210 Å². The standard InChI is InChI=1S/C27H30FN3O3S/c1-27(2,3)34-26(33)31-21-9-6-19(13-21)24(31)25(32)30-20(15-29)12-18-5-4-17(14-23(18)28)16-7-10-22(35)11-8-16/h4-5,7-8,10-11,14,19-21,24,35H,6,9,12-13H2,1-3H3,(H,30,32)/t19?,20?,21-,24+/m1/s1. The predicted octanol–water partition coefficient (Wildman–Crippen LogP) is 5.12. The number of benzene rings is 2. The van der Waals surface area contributed by atoms with Gasteiger partial charge in [0.15, 0.2) is 0 Å². The van der Waals surface area contributed by atoms with E-state index in [-0.39, 0.29) is 18.4 Å². The van der Waals surface area contributed by atoms with Crippen molar-refractivity contribution in [2.24, 2.45) is 5.92 Å². The summed E-state index contributed by atoms with van der Waals surface area (Å²) in [4.78, 5) is 28.4. The zero-order valence-electron chi connectivity index (χ0n) is 20.1. The third-order valence-electron chi connectivity index (χ3n) is 6.61. The summed E-state index contributed by atoms with van der Waals surface area (Å²) in [6.07, 6.45) is 1.95. The number of amides is 2. The molecule has 1 aliphatic heterocycles. The fourth-order valence-corrected chi connectivity index (χ4v) is 5.20. The average molecular weight is 496 g/mol. The van der Waals surface area contributed by atoms with E-state index in [1.54, 1.807) is 32.9 Å². The number of carbonyl (C=O) groups excluding carboxylic acids is 2. The Morgan fingerprint density at radius 2 is 1.89 bits per heavy atom. The van der Waals surface area contributed by atoms with Crippen LogP contribution in [-0.2, 0) is 16.0 Å². The molecule has 1 heterocycles. The fraction of sp³-hybridized carbons (Fsp3) is 0.444. The van der Waals surface area contributed by atoms with Gasteiger partial charge in [-0.05, 0) is 80.8 Å². The van der Waals surface area contributed by atoms with Gasteiger partial charge in [0.05, 0.1) is 6.07 Å². The molecule has 1 saturated carbocycles. The first-order chi connectivity index (χ1) is 16.6. The van der Waals surface area contributed by atoms with E-state index < -0.39 is 35.5 Å². The largest absolute Gasteiger partial charge is 0.444 e. The molecule has 2 aliphatic rings. The molecule has 2 bridgehead atoms. The molecule has 35 heavy (non-hydrogen) atoms. The first-order valence-corrected chi connectivity index (χ1v) is 12.3. The van der Waals surface area contributed by atoms with Crippen LogP contribution in [0.4, 0.5) is 9.18 Å². The summed E-state index contributed by atoms with van der Waals surface area (Å²) >= 11 is 4.27. The molecule has 2 amide bonds. The molecule has 0 radical (unpaired) electrons. The zero-order valence-corrected chi connectivity index (χ0v) is 21.0. The molecule has 0 aromatic heterocycles. The van der Waals surface area contributed by atoms with Crippen LogP contribution in [0.15, 0.2) is 47.4 Å². The number of hydrogen-bond acceptors (Lipinski definition) is 5. The lowest BCUT2D eigenvalue weighted by atomic mass is 9.97. The van der Waals surface area contributed by atoms with Gasteiger partial charge in [0.1, 0.15) is 23.5 Å². The van der Waals surface area contributed by atoms with Crippen molar-refractivity contribution in [2.75, 3.05) is 0 Å². The molecule has 2 fully saturated rings. The summed E-state index contributed by atoms with van der Waals surface area (Å²) in [5.41, 5.74) is 1.24. The smallest absolute Gasteiger partial charge is 0.411 e. The van der Waals surface area contributed by atoms with Crippen molar-refractivity contribution in [2.45, 2.75) is 75.1 Å². The third kappa shape index (κ3) is 5.62. The van der Waals surface area contributed by atoms with Gasteiger partial charge >= 0.3 is 6.09 Å². The number of fused-ring (bicyclic) bond motifs is 2. The van der Waals surface area contributed by atoms with Crippen molar-refractivity contribution in [1.82, 2.24) is 10.2 Å². The van der Waals surface area contributed by atoms with Gasteiger partial charge in [-0.1, -0.05) is 24.3 Å². The number of nitrogens with one attached hydrogen (secondary N) is 1. The molecule has 8 heteroatoms. The zero-order chi connectivity index (χ0) is 25.3. The second-order valence-electron chi connectivity index (χ2n) is 10.3. The van der Waals surface area contributed by atoms with E-state index in [9.17, 15) is 19.2 Å². The highest BCUT2D eigenvalue weighted by molar-refractivity contribution is 7.80. The Bertz CT molecular complexity index is 1160. The predicted molar refractivity (Wildman–Crippen MR) is 133 cm³/mol. The van der Waals surface area contributed by atoms with Crippen LogP contribution in [-0.4, -0.2) is 40.6 Å². The maximum atomic E-state index is 14.9. The molecule has 1 aliphatic carbocycles. The van der Waals surface area contributed by atoms with Gasteiger partial charge in [0, 0.05) is 17.4 Å². The lowest BCUT2D eigenvalue weighted by Gasteiger charge is -2.35. The quantitative estimate of drug-likeness (QED) is 0.564. The number of carbonyl (C=O) groups is 2. The van der Waals surface area contributed by atoms with Crippen molar-refractivity contribution in [1.29, 1.82) is 5.26 Å². The summed E-state index contributed by atoms with van der Waals surface area (Å²) in [6.45, 7) is 5.36. The van der Waals surface area contributed by atoms with E-state index in [0.29, 0.717) is 11.1 Å². The molecule has 4 rings (SSSR count). The number of nitrogens with zero attached hydrogens (tertiary/aromatic N) is 2. The Morgan fingerprint density at radius 1 is 1.20 bits per heavy atom. The normalized spacial score (nSPS) is 21.9. The second kappa shape index (κ2) is 9.90. The second-order valence-corrected chi connectivity index (χ2v) is 10.8. The van der Waals surface area contributed by atoms with E-state index >= 15 is 0 Å². The highest BCUT2D eigenvalue weighted by Gasteiger charge is 2.52. The van der Waals surface area contributed by atoms with Crippen LogP contribution in [0, 0.1) is 23.1 Å². The van der Waals surface area contributed by atoms with Gasteiger partial charge in [0.25, 0.3) is 0 Å². The van der Waals surface area contributed by atoms with Gasteiger partial charge in [0.2, 0.25) is 5.91 Å². The molecule has 2 aromatic rings. The van der Waals surface area contributed by atoms with Crippen LogP contribution in [0.2, 0.25) is 0 Å².